The smallest absolute Gasteiger partial charge is 0.181 e. The zero-order chi connectivity index (χ0) is 5.82. The minimum absolute atomic E-state index is 0.674. The summed E-state index contributed by atoms with van der Waals surface area (Å²) in [5, 5.41) is 0. The molecule has 0 bridgehead atoms. The van der Waals surface area contributed by atoms with Crippen molar-refractivity contribution in [3.63, 3.8) is 0 Å². The maximum absolute atomic E-state index is 5.05. The second kappa shape index (κ2) is 2.16. The second-order valence-electron chi connectivity index (χ2n) is 1.26. The van der Waals surface area contributed by atoms with E-state index in [9.17, 15) is 0 Å². The Kier molecular flexibility index (Phi) is 1.32. The van der Waals surface area contributed by atoms with Crippen LogP contribution in [0.15, 0.2) is 23.2 Å². The van der Waals surface area contributed by atoms with E-state index in [4.69, 9.17) is 10.2 Å². The molecule has 3 nitrogen and oxygen atoms in total. The van der Waals surface area contributed by atoms with Gasteiger partial charge in [0.1, 0.15) is 5.76 Å². The monoisotopic (exact) mass is 110 g/mol. The normalized spacial score (nSPS) is 10.5. The van der Waals surface area contributed by atoms with Gasteiger partial charge in [-0.15, -0.1) is 0 Å². The molecule has 0 aromatic carbocycles. The van der Waals surface area contributed by atoms with E-state index >= 15 is 0 Å². The molecule has 0 fully saturated rings. The predicted octanol–water partition coefficient (Wildman–Crippen LogP) is 0.604. The van der Waals surface area contributed by atoms with Crippen molar-refractivity contribution in [1.29, 1.82) is 0 Å². The van der Waals surface area contributed by atoms with E-state index in [1.807, 2.05) is 0 Å². The summed E-state index contributed by atoms with van der Waals surface area (Å²) in [6.45, 7) is 0. The van der Waals surface area contributed by atoms with Gasteiger partial charge in [-0.25, -0.2) is 4.98 Å². The zero-order valence-corrected chi connectivity index (χ0v) is 4.24. The first-order valence-electron chi connectivity index (χ1n) is 2.20. The van der Waals surface area contributed by atoms with Crippen LogP contribution in [0.5, 0.6) is 0 Å². The van der Waals surface area contributed by atoms with Crippen molar-refractivity contribution in [3.8, 4) is 0 Å². The van der Waals surface area contributed by atoms with Gasteiger partial charge in [0.25, 0.3) is 0 Å². The van der Waals surface area contributed by atoms with E-state index in [1.165, 1.54) is 12.6 Å². The quantitative estimate of drug-likeness (QED) is 0.576. The molecule has 1 aromatic heterocycles. The third-order valence-electron chi connectivity index (χ3n) is 0.712. The highest BCUT2D eigenvalue weighted by Crippen LogP contribution is 1.96. The summed E-state index contributed by atoms with van der Waals surface area (Å²) in [5.74, 6) is 0.674. The topological polar surface area (TPSA) is 52.0 Å². The molecule has 0 aliphatic rings. The summed E-state index contributed by atoms with van der Waals surface area (Å²) in [4.78, 5) is 3.67. The largest absolute Gasteiger partial charge is 0.444 e. The van der Waals surface area contributed by atoms with Crippen LogP contribution >= 0.6 is 0 Å². The Labute approximate surface area is 46.8 Å². The fraction of sp³-hybridized carbons (Fsp3) is 0. The second-order valence-corrected chi connectivity index (χ2v) is 1.26. The van der Waals surface area contributed by atoms with Gasteiger partial charge >= 0.3 is 0 Å². The average Bonchev–Trinajstić information content (AvgIpc) is 2.19. The number of rotatable bonds is 1. The van der Waals surface area contributed by atoms with Gasteiger partial charge in [-0.3, -0.25) is 0 Å². The van der Waals surface area contributed by atoms with E-state index in [1.54, 1.807) is 12.3 Å². The van der Waals surface area contributed by atoms with Crippen LogP contribution in [0.3, 0.4) is 0 Å². The number of nitrogens with zero attached hydrogens (tertiary/aromatic N) is 1. The lowest BCUT2D eigenvalue weighted by Crippen LogP contribution is -1.73. The molecule has 8 heavy (non-hydrogen) atoms. The summed E-state index contributed by atoms with van der Waals surface area (Å²) in [6, 6.07) is 0. The molecule has 0 spiro atoms. The van der Waals surface area contributed by atoms with Crippen molar-refractivity contribution in [2.24, 2.45) is 5.73 Å². The minimum atomic E-state index is 0.674. The van der Waals surface area contributed by atoms with Crippen LogP contribution < -0.4 is 5.73 Å². The van der Waals surface area contributed by atoms with Gasteiger partial charge in [0, 0.05) is 0 Å². The van der Waals surface area contributed by atoms with Crippen molar-refractivity contribution in [3.05, 3.63) is 24.6 Å². The fourth-order valence-electron chi connectivity index (χ4n) is 0.403. The van der Waals surface area contributed by atoms with Crippen molar-refractivity contribution in [2.45, 2.75) is 0 Å². The summed E-state index contributed by atoms with van der Waals surface area (Å²) < 4.78 is 4.80. The molecule has 2 N–H and O–H groups in total. The Balaban J connectivity index is 2.77. The Morgan fingerprint density at radius 2 is 2.62 bits per heavy atom. The average molecular weight is 110 g/mol. The molecule has 0 saturated heterocycles. The standard InChI is InChI=1S/C5H6N2O/c6-2-1-5-3-7-4-8-5/h1-4H,6H2. The Morgan fingerprint density at radius 1 is 1.75 bits per heavy atom. The number of hydrogen-bond acceptors (Lipinski definition) is 3. The molecule has 1 rings (SSSR count). The molecule has 0 radical (unpaired) electrons. The minimum Gasteiger partial charge on any atom is -0.444 e. The first-order valence-corrected chi connectivity index (χ1v) is 2.20. The number of nitrogens with two attached hydrogens (primary N) is 1. The van der Waals surface area contributed by atoms with Gasteiger partial charge in [-0.2, -0.15) is 0 Å². The molecule has 0 amide bonds. The highest BCUT2D eigenvalue weighted by Gasteiger charge is 1.83. The van der Waals surface area contributed by atoms with Crippen LogP contribution in [0.1, 0.15) is 5.76 Å². The SMILES string of the molecule is NC=Cc1cnco1. The van der Waals surface area contributed by atoms with Crippen molar-refractivity contribution in [2.75, 3.05) is 0 Å². The van der Waals surface area contributed by atoms with Gasteiger partial charge in [0.15, 0.2) is 6.39 Å². The Morgan fingerprint density at radius 3 is 3.12 bits per heavy atom. The zero-order valence-electron chi connectivity index (χ0n) is 4.24. The molecular formula is C5H6N2O. The van der Waals surface area contributed by atoms with Crippen molar-refractivity contribution < 1.29 is 4.42 Å². The van der Waals surface area contributed by atoms with Crippen LogP contribution in [-0.2, 0) is 0 Å². The molecule has 0 saturated carbocycles. The third-order valence-corrected chi connectivity index (χ3v) is 0.712. The van der Waals surface area contributed by atoms with Crippen LogP contribution in [0, 0.1) is 0 Å². The molecule has 0 aliphatic carbocycles. The number of hydrogen-bond donors (Lipinski definition) is 1. The van der Waals surface area contributed by atoms with Crippen LogP contribution in [0.4, 0.5) is 0 Å². The molecule has 1 heterocycles. The van der Waals surface area contributed by atoms with E-state index in [0.29, 0.717) is 5.76 Å². The van der Waals surface area contributed by atoms with E-state index in [0.717, 1.165) is 0 Å². The highest BCUT2D eigenvalue weighted by molar-refractivity contribution is 5.39. The first-order chi connectivity index (χ1) is 3.93. The predicted molar refractivity (Wildman–Crippen MR) is 29.7 cm³/mol. The molecule has 1 aromatic rings. The fourth-order valence-corrected chi connectivity index (χ4v) is 0.403. The molecule has 0 atom stereocenters. The Bertz CT molecular complexity index is 167. The first kappa shape index (κ1) is 4.90. The summed E-state index contributed by atoms with van der Waals surface area (Å²) in [6.07, 6.45) is 5.98. The molecular weight excluding hydrogens is 104 g/mol. The van der Waals surface area contributed by atoms with E-state index in [-0.39, 0.29) is 0 Å². The summed E-state index contributed by atoms with van der Waals surface area (Å²) in [5.41, 5.74) is 5.05. The van der Waals surface area contributed by atoms with Crippen LogP contribution in [-0.4, -0.2) is 4.98 Å². The lowest BCUT2D eigenvalue weighted by molar-refractivity contribution is 0.548. The molecule has 3 heteroatoms. The van der Waals surface area contributed by atoms with Gasteiger partial charge in [-0.05, 0) is 12.3 Å². The maximum Gasteiger partial charge on any atom is 0.181 e. The molecule has 0 unspecified atom stereocenters. The van der Waals surface area contributed by atoms with Crippen molar-refractivity contribution >= 4 is 6.08 Å². The van der Waals surface area contributed by atoms with Crippen LogP contribution in [0.2, 0.25) is 0 Å². The maximum atomic E-state index is 5.05. The van der Waals surface area contributed by atoms with Crippen molar-refractivity contribution in [1.82, 2.24) is 4.98 Å². The third kappa shape index (κ3) is 0.872. The van der Waals surface area contributed by atoms with Crippen LogP contribution in [0.25, 0.3) is 6.08 Å². The number of oxazole rings is 1. The summed E-state index contributed by atoms with van der Waals surface area (Å²) in [7, 11) is 0. The lowest BCUT2D eigenvalue weighted by atomic mass is 10.5. The molecule has 0 aliphatic heterocycles. The molecule has 42 valence electrons. The highest BCUT2D eigenvalue weighted by atomic mass is 16.3. The summed E-state index contributed by atoms with van der Waals surface area (Å²) >= 11 is 0. The van der Waals surface area contributed by atoms with Gasteiger partial charge < -0.3 is 10.2 Å². The Hall–Kier alpha value is -1.25. The number of aromatic nitrogens is 1. The van der Waals surface area contributed by atoms with Gasteiger partial charge in [-0.1, -0.05) is 0 Å². The van der Waals surface area contributed by atoms with E-state index < -0.39 is 0 Å². The van der Waals surface area contributed by atoms with Gasteiger partial charge in [0.2, 0.25) is 0 Å². The van der Waals surface area contributed by atoms with Gasteiger partial charge in [0.05, 0.1) is 6.20 Å². The lowest BCUT2D eigenvalue weighted by Gasteiger charge is -1.74. The van der Waals surface area contributed by atoms with E-state index in [2.05, 4.69) is 4.98 Å².